The summed E-state index contributed by atoms with van der Waals surface area (Å²) in [6.07, 6.45) is 2.37. The van der Waals surface area contributed by atoms with Gasteiger partial charge in [-0.25, -0.2) is 0 Å². The molecule has 2 N–H and O–H groups in total. The lowest BCUT2D eigenvalue weighted by molar-refractivity contribution is 0.292. The van der Waals surface area contributed by atoms with E-state index in [2.05, 4.69) is 78.6 Å². The zero-order valence-corrected chi connectivity index (χ0v) is 16.2. The van der Waals surface area contributed by atoms with Gasteiger partial charge in [0.1, 0.15) is 0 Å². The molecule has 1 aromatic carbocycles. The molecule has 1 aromatic rings. The maximum atomic E-state index is 4.35. The van der Waals surface area contributed by atoms with Crippen molar-refractivity contribution in [3.8, 4) is 0 Å². The zero-order chi connectivity index (χ0) is 17.8. The predicted molar refractivity (Wildman–Crippen MR) is 106 cm³/mol. The second-order valence-electron chi connectivity index (χ2n) is 6.48. The normalized spacial score (nSPS) is 14.5. The van der Waals surface area contributed by atoms with E-state index in [0.29, 0.717) is 12.0 Å². The van der Waals surface area contributed by atoms with E-state index >= 15 is 0 Å². The Morgan fingerprint density at radius 1 is 1.12 bits per heavy atom. The van der Waals surface area contributed by atoms with Crippen LogP contribution in [0, 0.1) is 0 Å². The molecule has 0 radical (unpaired) electrons. The van der Waals surface area contributed by atoms with Crippen molar-refractivity contribution in [3.05, 3.63) is 35.9 Å². The van der Waals surface area contributed by atoms with Crippen LogP contribution in [0.5, 0.6) is 0 Å². The van der Waals surface area contributed by atoms with Gasteiger partial charge < -0.3 is 15.5 Å². The Kier molecular flexibility index (Phi) is 10.2. The average Bonchev–Trinajstić information content (AvgIpc) is 2.62. The monoisotopic (exact) mass is 332 g/mol. The van der Waals surface area contributed by atoms with Crippen molar-refractivity contribution in [3.63, 3.8) is 0 Å². The molecule has 4 nitrogen and oxygen atoms in total. The Bertz CT molecular complexity index is 454. The molecule has 0 saturated heterocycles. The Morgan fingerprint density at radius 2 is 1.79 bits per heavy atom. The van der Waals surface area contributed by atoms with Crippen molar-refractivity contribution < 1.29 is 0 Å². The Balaban J connectivity index is 2.31. The van der Waals surface area contributed by atoms with Crippen LogP contribution in [-0.2, 0) is 0 Å². The van der Waals surface area contributed by atoms with Crippen LogP contribution in [0.15, 0.2) is 35.3 Å². The summed E-state index contributed by atoms with van der Waals surface area (Å²) in [7, 11) is 1.84. The van der Waals surface area contributed by atoms with E-state index in [9.17, 15) is 0 Å². The maximum Gasteiger partial charge on any atom is 0.191 e. The zero-order valence-electron chi connectivity index (χ0n) is 16.2. The van der Waals surface area contributed by atoms with E-state index in [-0.39, 0.29) is 0 Å². The molecule has 0 spiro atoms. The standard InChI is InChI=1S/C20H36N4/c1-6-24(7-2)15-11-12-18(4)23-20(21-5)22-16-17(3)19-13-9-8-10-14-19/h8-10,13-14,17-18H,6-7,11-12,15-16H2,1-5H3,(H2,21,22,23). The van der Waals surface area contributed by atoms with Crippen molar-refractivity contribution in [2.24, 2.45) is 4.99 Å². The first-order valence-electron chi connectivity index (χ1n) is 9.35. The van der Waals surface area contributed by atoms with Gasteiger partial charge in [0.25, 0.3) is 0 Å². The van der Waals surface area contributed by atoms with Crippen molar-refractivity contribution >= 4 is 5.96 Å². The van der Waals surface area contributed by atoms with Gasteiger partial charge in [-0.15, -0.1) is 0 Å². The molecule has 136 valence electrons. The lowest BCUT2D eigenvalue weighted by atomic mass is 10.0. The summed E-state index contributed by atoms with van der Waals surface area (Å²) in [6.45, 7) is 13.3. The van der Waals surface area contributed by atoms with Crippen molar-refractivity contribution in [2.75, 3.05) is 33.2 Å². The minimum atomic E-state index is 0.429. The van der Waals surface area contributed by atoms with Crippen LogP contribution < -0.4 is 10.6 Å². The van der Waals surface area contributed by atoms with E-state index in [1.165, 1.54) is 18.5 Å². The number of benzene rings is 1. The van der Waals surface area contributed by atoms with Crippen LogP contribution >= 0.6 is 0 Å². The van der Waals surface area contributed by atoms with E-state index in [1.807, 2.05) is 7.05 Å². The summed E-state index contributed by atoms with van der Waals surface area (Å²) < 4.78 is 0. The van der Waals surface area contributed by atoms with Crippen LogP contribution in [0.25, 0.3) is 0 Å². The van der Waals surface area contributed by atoms with Gasteiger partial charge >= 0.3 is 0 Å². The van der Waals surface area contributed by atoms with E-state index < -0.39 is 0 Å². The first kappa shape index (κ1) is 20.5. The molecule has 2 atom stereocenters. The molecule has 0 saturated carbocycles. The molecular weight excluding hydrogens is 296 g/mol. The summed E-state index contributed by atoms with van der Waals surface area (Å²) in [5, 5.41) is 6.95. The molecule has 0 aromatic heterocycles. The Hall–Kier alpha value is -1.55. The smallest absolute Gasteiger partial charge is 0.191 e. The number of nitrogens with one attached hydrogen (secondary N) is 2. The van der Waals surface area contributed by atoms with Crippen LogP contribution in [0.1, 0.15) is 52.0 Å². The van der Waals surface area contributed by atoms with Gasteiger partial charge in [-0.1, -0.05) is 51.1 Å². The lowest BCUT2D eigenvalue weighted by Gasteiger charge is -2.22. The van der Waals surface area contributed by atoms with Gasteiger partial charge in [0.15, 0.2) is 5.96 Å². The van der Waals surface area contributed by atoms with Crippen LogP contribution in [-0.4, -0.2) is 50.1 Å². The molecule has 4 heteroatoms. The minimum Gasteiger partial charge on any atom is -0.356 e. The summed E-state index contributed by atoms with van der Waals surface area (Å²) in [5.74, 6) is 1.36. The van der Waals surface area contributed by atoms with Gasteiger partial charge in [-0.05, 0) is 50.9 Å². The van der Waals surface area contributed by atoms with Crippen LogP contribution in [0.3, 0.4) is 0 Å². The topological polar surface area (TPSA) is 39.7 Å². The number of aliphatic imine (C=N–C) groups is 1. The fraction of sp³-hybridized carbons (Fsp3) is 0.650. The fourth-order valence-corrected chi connectivity index (χ4v) is 2.81. The average molecular weight is 333 g/mol. The maximum absolute atomic E-state index is 4.35. The number of nitrogens with zero attached hydrogens (tertiary/aromatic N) is 2. The first-order valence-corrected chi connectivity index (χ1v) is 9.35. The quantitative estimate of drug-likeness (QED) is 0.509. The van der Waals surface area contributed by atoms with Crippen molar-refractivity contribution in [2.45, 2.75) is 52.5 Å². The Labute approximate surface area is 148 Å². The van der Waals surface area contributed by atoms with Gasteiger partial charge in [-0.2, -0.15) is 0 Å². The van der Waals surface area contributed by atoms with Crippen molar-refractivity contribution in [1.29, 1.82) is 0 Å². The van der Waals surface area contributed by atoms with Gasteiger partial charge in [0, 0.05) is 19.6 Å². The molecule has 0 heterocycles. The van der Waals surface area contributed by atoms with Gasteiger partial charge in [0.2, 0.25) is 0 Å². The fourth-order valence-electron chi connectivity index (χ4n) is 2.81. The predicted octanol–water partition coefficient (Wildman–Crippen LogP) is 3.47. The molecule has 2 unspecified atom stereocenters. The van der Waals surface area contributed by atoms with Crippen LogP contribution in [0.2, 0.25) is 0 Å². The van der Waals surface area contributed by atoms with Crippen molar-refractivity contribution in [1.82, 2.24) is 15.5 Å². The number of hydrogen-bond acceptors (Lipinski definition) is 2. The SMILES string of the molecule is CCN(CC)CCCC(C)NC(=NC)NCC(C)c1ccccc1. The molecule has 0 bridgehead atoms. The summed E-state index contributed by atoms with van der Waals surface area (Å²) in [4.78, 5) is 6.83. The second kappa shape index (κ2) is 11.9. The first-order chi connectivity index (χ1) is 11.6. The summed E-state index contributed by atoms with van der Waals surface area (Å²) in [5.41, 5.74) is 1.35. The Morgan fingerprint density at radius 3 is 2.38 bits per heavy atom. The second-order valence-corrected chi connectivity index (χ2v) is 6.48. The largest absolute Gasteiger partial charge is 0.356 e. The third-order valence-electron chi connectivity index (χ3n) is 4.56. The molecule has 0 amide bonds. The third kappa shape index (κ3) is 7.82. The van der Waals surface area contributed by atoms with Crippen LogP contribution in [0.4, 0.5) is 0 Å². The van der Waals surface area contributed by atoms with E-state index in [0.717, 1.165) is 32.0 Å². The van der Waals surface area contributed by atoms with Gasteiger partial charge in [0.05, 0.1) is 0 Å². The number of hydrogen-bond donors (Lipinski definition) is 2. The highest BCUT2D eigenvalue weighted by Crippen LogP contribution is 2.12. The molecule has 0 aliphatic rings. The minimum absolute atomic E-state index is 0.429. The lowest BCUT2D eigenvalue weighted by Crippen LogP contribution is -2.43. The highest BCUT2D eigenvalue weighted by atomic mass is 15.2. The molecule has 0 aliphatic carbocycles. The summed E-state index contributed by atoms with van der Waals surface area (Å²) >= 11 is 0. The van der Waals surface area contributed by atoms with Gasteiger partial charge in [-0.3, -0.25) is 4.99 Å². The highest BCUT2D eigenvalue weighted by molar-refractivity contribution is 5.79. The number of guanidine groups is 1. The third-order valence-corrected chi connectivity index (χ3v) is 4.56. The summed E-state index contributed by atoms with van der Waals surface area (Å²) in [6, 6.07) is 11.0. The highest BCUT2D eigenvalue weighted by Gasteiger charge is 2.09. The molecule has 0 fully saturated rings. The van der Waals surface area contributed by atoms with E-state index in [1.54, 1.807) is 0 Å². The number of rotatable bonds is 10. The molecule has 0 aliphatic heterocycles. The molecular formula is C20H36N4. The van der Waals surface area contributed by atoms with E-state index in [4.69, 9.17) is 0 Å². The molecule has 24 heavy (non-hydrogen) atoms. The molecule has 1 rings (SSSR count).